The van der Waals surface area contributed by atoms with Crippen LogP contribution < -0.4 is 9.80 Å². The van der Waals surface area contributed by atoms with Gasteiger partial charge in [-0.25, -0.2) is 0 Å². The SMILES string of the molecule is CCCCN=C1c2cc3c(cc2C(C)(C)c2cc4c(cc21)C(C)CC(C)(C)N4CCCC)N(CC)C(C)(C)C=C3CS. The Bertz CT molecular complexity index is 1410. The Morgan fingerprint density at radius 2 is 1.48 bits per heavy atom. The zero-order chi connectivity index (χ0) is 30.6. The van der Waals surface area contributed by atoms with Crippen LogP contribution in [-0.4, -0.2) is 42.2 Å². The topological polar surface area (TPSA) is 18.8 Å². The fourth-order valence-electron chi connectivity index (χ4n) is 8.17. The van der Waals surface area contributed by atoms with Crippen LogP contribution in [0.3, 0.4) is 0 Å². The molecule has 0 spiro atoms. The van der Waals surface area contributed by atoms with Crippen LogP contribution >= 0.6 is 12.6 Å². The minimum Gasteiger partial charge on any atom is -0.366 e. The molecule has 42 heavy (non-hydrogen) atoms. The van der Waals surface area contributed by atoms with Gasteiger partial charge in [0.25, 0.3) is 0 Å². The molecule has 2 aliphatic heterocycles. The maximum atomic E-state index is 5.41. The maximum Gasteiger partial charge on any atom is 0.0725 e. The molecule has 0 N–H and O–H groups in total. The van der Waals surface area contributed by atoms with Gasteiger partial charge in [-0.2, -0.15) is 12.6 Å². The number of thiol groups is 1. The van der Waals surface area contributed by atoms with Crippen molar-refractivity contribution < 1.29 is 0 Å². The van der Waals surface area contributed by atoms with Crippen LogP contribution in [0.25, 0.3) is 5.57 Å². The van der Waals surface area contributed by atoms with Gasteiger partial charge in [-0.3, -0.25) is 4.99 Å². The molecule has 3 aliphatic rings. The zero-order valence-corrected chi connectivity index (χ0v) is 29.0. The van der Waals surface area contributed by atoms with Crippen molar-refractivity contribution in [3.63, 3.8) is 0 Å². The lowest BCUT2D eigenvalue weighted by atomic mass is 9.65. The van der Waals surface area contributed by atoms with E-state index in [-0.39, 0.29) is 16.5 Å². The first-order chi connectivity index (χ1) is 19.8. The Morgan fingerprint density at radius 3 is 2.10 bits per heavy atom. The van der Waals surface area contributed by atoms with Gasteiger partial charge in [0.1, 0.15) is 0 Å². The third-order valence-corrected chi connectivity index (χ3v) is 10.7. The number of hydrogen-bond donors (Lipinski definition) is 1. The molecule has 3 nitrogen and oxygen atoms in total. The van der Waals surface area contributed by atoms with E-state index < -0.39 is 0 Å². The van der Waals surface area contributed by atoms with Crippen molar-refractivity contribution in [1.29, 1.82) is 0 Å². The molecular formula is C38H55N3S. The van der Waals surface area contributed by atoms with Crippen LogP contribution in [0.1, 0.15) is 141 Å². The highest BCUT2D eigenvalue weighted by molar-refractivity contribution is 7.80. The molecule has 1 aliphatic carbocycles. The zero-order valence-electron chi connectivity index (χ0n) is 28.1. The quantitative estimate of drug-likeness (QED) is 0.246. The number of anilines is 2. The fraction of sp³-hybridized carbons (Fsp3) is 0.605. The van der Waals surface area contributed by atoms with Gasteiger partial charge in [0.05, 0.1) is 11.3 Å². The standard InChI is InChI=1S/C38H55N3S/c1-11-14-16-39-35-29-18-27-25(4)22-36(5,6)41(17-15-12-2)33(27)20-31(29)38(9,10)32-21-34-28(19-30(32)35)26(24-42)23-37(7,8)40(34)13-3/h18-21,23,25,42H,11-17,22,24H2,1-10H3. The number of hydrogen-bond acceptors (Lipinski definition) is 4. The normalized spacial score (nSPS) is 22.3. The van der Waals surface area contributed by atoms with E-state index in [0.29, 0.717) is 5.92 Å². The van der Waals surface area contributed by atoms with E-state index >= 15 is 0 Å². The lowest BCUT2D eigenvalue weighted by molar-refractivity contribution is 0.373. The summed E-state index contributed by atoms with van der Waals surface area (Å²) in [6.07, 6.45) is 8.31. The number of rotatable bonds is 8. The van der Waals surface area contributed by atoms with Gasteiger partial charge >= 0.3 is 0 Å². The minimum atomic E-state index is -0.147. The smallest absolute Gasteiger partial charge is 0.0725 e. The molecule has 1 unspecified atom stereocenters. The van der Waals surface area contributed by atoms with Gasteiger partial charge in [0.15, 0.2) is 0 Å². The van der Waals surface area contributed by atoms with Crippen LogP contribution in [-0.2, 0) is 5.41 Å². The Hall–Kier alpha value is -2.20. The maximum absolute atomic E-state index is 5.41. The molecule has 0 aromatic heterocycles. The molecule has 0 amide bonds. The average Bonchev–Trinajstić information content (AvgIpc) is 2.92. The number of aliphatic imine (C=N–C) groups is 1. The van der Waals surface area contributed by atoms with Crippen LogP contribution in [0.4, 0.5) is 11.4 Å². The summed E-state index contributed by atoms with van der Waals surface area (Å²) in [6, 6.07) is 10.1. The highest BCUT2D eigenvalue weighted by Gasteiger charge is 2.43. The summed E-state index contributed by atoms with van der Waals surface area (Å²) < 4.78 is 0. The summed E-state index contributed by atoms with van der Waals surface area (Å²) in [6.45, 7) is 26.7. The molecule has 0 saturated heterocycles. The van der Waals surface area contributed by atoms with Gasteiger partial charge in [0.2, 0.25) is 0 Å². The molecule has 0 bridgehead atoms. The van der Waals surface area contributed by atoms with Crippen LogP contribution in [0.2, 0.25) is 0 Å². The number of nitrogens with zero attached hydrogens (tertiary/aromatic N) is 3. The second-order valence-electron chi connectivity index (χ2n) is 14.7. The van der Waals surface area contributed by atoms with Crippen molar-refractivity contribution in [3.8, 4) is 0 Å². The molecule has 1 atom stereocenters. The van der Waals surface area contributed by atoms with E-state index in [9.17, 15) is 0 Å². The van der Waals surface area contributed by atoms with E-state index in [4.69, 9.17) is 17.6 Å². The monoisotopic (exact) mass is 585 g/mol. The van der Waals surface area contributed by atoms with Gasteiger partial charge in [-0.05, 0) is 106 Å². The van der Waals surface area contributed by atoms with Crippen molar-refractivity contribution in [3.05, 3.63) is 63.7 Å². The van der Waals surface area contributed by atoms with E-state index in [0.717, 1.165) is 38.2 Å². The molecule has 5 rings (SSSR count). The molecule has 0 fully saturated rings. The number of likely N-dealkylation sites (N-methyl/N-ethyl adjacent to an activating group) is 1. The third kappa shape index (κ3) is 5.04. The Labute approximate surface area is 262 Å². The molecule has 2 aromatic carbocycles. The lowest BCUT2D eigenvalue weighted by Crippen LogP contribution is -2.49. The first-order valence-corrected chi connectivity index (χ1v) is 17.3. The van der Waals surface area contributed by atoms with Crippen LogP contribution in [0.5, 0.6) is 0 Å². The first-order valence-electron chi connectivity index (χ1n) is 16.6. The first kappa shape index (κ1) is 31.2. The van der Waals surface area contributed by atoms with E-state index in [1.54, 1.807) is 0 Å². The van der Waals surface area contributed by atoms with Crippen LogP contribution in [0.15, 0.2) is 35.3 Å². The molecular weight excluding hydrogens is 531 g/mol. The Balaban J connectivity index is 1.79. The largest absolute Gasteiger partial charge is 0.366 e. The molecule has 0 saturated carbocycles. The van der Waals surface area contributed by atoms with Gasteiger partial charge in [0, 0.05) is 64.4 Å². The highest BCUT2D eigenvalue weighted by Crippen LogP contribution is 2.52. The van der Waals surface area contributed by atoms with E-state index in [2.05, 4.69) is 109 Å². The van der Waals surface area contributed by atoms with Gasteiger partial charge in [-0.15, -0.1) is 0 Å². The highest BCUT2D eigenvalue weighted by atomic mass is 32.1. The molecule has 4 heteroatoms. The van der Waals surface area contributed by atoms with Crippen molar-refractivity contribution >= 4 is 35.3 Å². The van der Waals surface area contributed by atoms with Crippen molar-refractivity contribution in [2.24, 2.45) is 4.99 Å². The Kier molecular flexibility index (Phi) is 8.46. The van der Waals surface area contributed by atoms with Crippen molar-refractivity contribution in [2.45, 2.75) is 124 Å². The Morgan fingerprint density at radius 1 is 0.833 bits per heavy atom. The number of fused-ring (bicyclic) bond motifs is 4. The molecule has 0 radical (unpaired) electrons. The number of unbranched alkanes of at least 4 members (excludes halogenated alkanes) is 2. The fourth-order valence-corrected chi connectivity index (χ4v) is 8.44. The summed E-state index contributed by atoms with van der Waals surface area (Å²) in [4.78, 5) is 10.7. The predicted octanol–water partition coefficient (Wildman–Crippen LogP) is 9.79. The molecule has 228 valence electrons. The van der Waals surface area contributed by atoms with Crippen molar-refractivity contribution in [1.82, 2.24) is 0 Å². The van der Waals surface area contributed by atoms with E-state index in [1.807, 2.05) is 0 Å². The van der Waals surface area contributed by atoms with Gasteiger partial charge < -0.3 is 9.80 Å². The molecule has 2 heterocycles. The summed E-state index contributed by atoms with van der Waals surface area (Å²) in [7, 11) is 0. The predicted molar refractivity (Wildman–Crippen MR) is 189 cm³/mol. The van der Waals surface area contributed by atoms with Gasteiger partial charge in [-0.1, -0.05) is 53.5 Å². The second-order valence-corrected chi connectivity index (χ2v) is 15.0. The molecule has 2 aromatic rings. The summed E-state index contributed by atoms with van der Waals surface area (Å²) in [5.41, 5.74) is 13.6. The van der Waals surface area contributed by atoms with E-state index in [1.165, 1.54) is 75.3 Å². The second kappa shape index (κ2) is 11.4. The summed E-state index contributed by atoms with van der Waals surface area (Å²) in [5, 5.41) is 0. The van der Waals surface area contributed by atoms with Crippen LogP contribution in [0, 0.1) is 0 Å². The minimum absolute atomic E-state index is 0.0522. The average molecular weight is 586 g/mol. The lowest BCUT2D eigenvalue weighted by Gasteiger charge is -2.49. The number of benzene rings is 2. The van der Waals surface area contributed by atoms with Crippen molar-refractivity contribution in [2.75, 3.05) is 35.2 Å². The summed E-state index contributed by atoms with van der Waals surface area (Å²) in [5.74, 6) is 1.26. The third-order valence-electron chi connectivity index (χ3n) is 10.4. The summed E-state index contributed by atoms with van der Waals surface area (Å²) >= 11 is 4.81.